The fourth-order valence-electron chi connectivity index (χ4n) is 1.75. The molecule has 5 heteroatoms. The molecule has 0 radical (unpaired) electrons. The predicted octanol–water partition coefficient (Wildman–Crippen LogP) is 1.18. The van der Waals surface area contributed by atoms with Gasteiger partial charge in [0, 0.05) is 13.1 Å². The molecule has 82 valence electrons. The van der Waals surface area contributed by atoms with Crippen molar-refractivity contribution in [3.63, 3.8) is 0 Å². The number of piperidine rings is 1. The summed E-state index contributed by atoms with van der Waals surface area (Å²) in [5, 5.41) is 2.20. The van der Waals surface area contributed by atoms with Gasteiger partial charge in [-0.1, -0.05) is 12.5 Å². The van der Waals surface area contributed by atoms with Gasteiger partial charge in [-0.3, -0.25) is 0 Å². The highest BCUT2D eigenvalue weighted by Gasteiger charge is 2.09. The van der Waals surface area contributed by atoms with Gasteiger partial charge in [0.05, 0.1) is 0 Å². The highest BCUT2D eigenvalue weighted by molar-refractivity contribution is 5.43. The van der Waals surface area contributed by atoms with Crippen molar-refractivity contribution in [2.24, 2.45) is 5.84 Å². The third-order valence-corrected chi connectivity index (χ3v) is 2.53. The van der Waals surface area contributed by atoms with Crippen LogP contribution in [0.3, 0.4) is 0 Å². The van der Waals surface area contributed by atoms with E-state index in [4.69, 9.17) is 5.84 Å². The quantitative estimate of drug-likeness (QED) is 0.513. The molecular weight excluding hydrogens is 190 g/mol. The van der Waals surface area contributed by atoms with Crippen LogP contribution in [0, 0.1) is 0 Å². The molecule has 2 heterocycles. The lowest BCUT2D eigenvalue weighted by Crippen LogP contribution is -2.35. The number of nitrogens with two attached hydrogens (primary N) is 1. The monoisotopic (exact) mass is 207 g/mol. The van der Waals surface area contributed by atoms with Gasteiger partial charge in [-0.25, -0.2) is 15.8 Å². The smallest absolute Gasteiger partial charge is 0.142 e. The number of pyridine rings is 1. The van der Waals surface area contributed by atoms with E-state index in [9.17, 15) is 0 Å². The van der Waals surface area contributed by atoms with Crippen LogP contribution in [0.2, 0.25) is 0 Å². The van der Waals surface area contributed by atoms with E-state index in [-0.39, 0.29) is 0 Å². The van der Waals surface area contributed by atoms with E-state index in [0.29, 0.717) is 5.82 Å². The molecule has 15 heavy (non-hydrogen) atoms. The van der Waals surface area contributed by atoms with E-state index in [0.717, 1.165) is 18.9 Å². The number of anilines is 2. The standard InChI is InChI=1S/C10H17N5/c11-13-9-5-4-6-10(12-9)14-15-7-2-1-3-8-15/h4-6H,1-3,7-8,11H2,(H2,12,13,14). The van der Waals surface area contributed by atoms with Crippen molar-refractivity contribution in [1.29, 1.82) is 0 Å². The number of hydrogen-bond donors (Lipinski definition) is 3. The molecule has 0 spiro atoms. The van der Waals surface area contributed by atoms with Crippen molar-refractivity contribution in [3.05, 3.63) is 18.2 Å². The van der Waals surface area contributed by atoms with Crippen LogP contribution in [0.4, 0.5) is 11.6 Å². The summed E-state index contributed by atoms with van der Waals surface area (Å²) in [7, 11) is 0. The summed E-state index contributed by atoms with van der Waals surface area (Å²) in [5.74, 6) is 6.82. The van der Waals surface area contributed by atoms with Gasteiger partial charge in [-0.15, -0.1) is 0 Å². The summed E-state index contributed by atoms with van der Waals surface area (Å²) < 4.78 is 0. The SMILES string of the molecule is NNc1cccc(NN2CCCCC2)n1. The molecule has 0 aromatic carbocycles. The Balaban J connectivity index is 1.96. The van der Waals surface area contributed by atoms with Crippen LogP contribution in [-0.2, 0) is 0 Å². The molecule has 1 fully saturated rings. The van der Waals surface area contributed by atoms with Gasteiger partial charge in [-0.2, -0.15) is 0 Å². The van der Waals surface area contributed by atoms with Crippen molar-refractivity contribution < 1.29 is 0 Å². The molecule has 1 aromatic heterocycles. The van der Waals surface area contributed by atoms with Crippen molar-refractivity contribution in [1.82, 2.24) is 9.99 Å². The van der Waals surface area contributed by atoms with E-state index >= 15 is 0 Å². The molecule has 1 aliphatic heterocycles. The van der Waals surface area contributed by atoms with Crippen molar-refractivity contribution in [2.45, 2.75) is 19.3 Å². The van der Waals surface area contributed by atoms with E-state index in [1.54, 1.807) is 0 Å². The highest BCUT2D eigenvalue weighted by atomic mass is 15.5. The number of hydrazine groups is 2. The molecule has 0 aliphatic carbocycles. The van der Waals surface area contributed by atoms with Gasteiger partial charge in [-0.05, 0) is 25.0 Å². The fraction of sp³-hybridized carbons (Fsp3) is 0.500. The third-order valence-electron chi connectivity index (χ3n) is 2.53. The first-order valence-electron chi connectivity index (χ1n) is 5.34. The van der Waals surface area contributed by atoms with E-state index in [1.807, 2.05) is 18.2 Å². The second kappa shape index (κ2) is 4.95. The molecule has 0 saturated carbocycles. The molecule has 2 rings (SSSR count). The molecule has 1 saturated heterocycles. The van der Waals surface area contributed by atoms with Crippen LogP contribution < -0.4 is 16.7 Å². The Bertz CT molecular complexity index is 308. The number of hydrogen-bond acceptors (Lipinski definition) is 5. The zero-order chi connectivity index (χ0) is 10.5. The lowest BCUT2D eigenvalue weighted by atomic mass is 10.2. The van der Waals surface area contributed by atoms with Crippen LogP contribution in [0.25, 0.3) is 0 Å². The highest BCUT2D eigenvalue weighted by Crippen LogP contribution is 2.12. The summed E-state index contributed by atoms with van der Waals surface area (Å²) in [5.41, 5.74) is 5.82. The summed E-state index contributed by atoms with van der Waals surface area (Å²) in [6.07, 6.45) is 3.83. The van der Waals surface area contributed by atoms with Gasteiger partial charge in [0.1, 0.15) is 11.6 Å². The summed E-state index contributed by atoms with van der Waals surface area (Å²) in [6.45, 7) is 2.17. The Morgan fingerprint density at radius 3 is 2.60 bits per heavy atom. The topological polar surface area (TPSA) is 66.2 Å². The number of nitrogens with one attached hydrogen (secondary N) is 2. The normalized spacial score (nSPS) is 17.4. The summed E-state index contributed by atoms with van der Waals surface area (Å²) in [6, 6.07) is 5.70. The van der Waals surface area contributed by atoms with Gasteiger partial charge in [0.2, 0.25) is 0 Å². The molecule has 5 nitrogen and oxygen atoms in total. The second-order valence-corrected chi connectivity index (χ2v) is 3.71. The number of rotatable bonds is 3. The van der Waals surface area contributed by atoms with Crippen LogP contribution >= 0.6 is 0 Å². The molecule has 0 amide bonds. The minimum absolute atomic E-state index is 0.678. The van der Waals surface area contributed by atoms with E-state index < -0.39 is 0 Å². The fourth-order valence-corrected chi connectivity index (χ4v) is 1.75. The third kappa shape index (κ3) is 2.81. The summed E-state index contributed by atoms with van der Waals surface area (Å²) >= 11 is 0. The zero-order valence-electron chi connectivity index (χ0n) is 8.74. The molecular formula is C10H17N5. The lowest BCUT2D eigenvalue weighted by Gasteiger charge is -2.27. The predicted molar refractivity (Wildman–Crippen MR) is 61.1 cm³/mol. The van der Waals surface area contributed by atoms with Crippen molar-refractivity contribution in [2.75, 3.05) is 23.9 Å². The number of nitrogens with zero attached hydrogens (tertiary/aromatic N) is 2. The maximum atomic E-state index is 5.30. The maximum absolute atomic E-state index is 5.30. The Kier molecular flexibility index (Phi) is 3.37. The minimum atomic E-state index is 0.678. The van der Waals surface area contributed by atoms with Crippen LogP contribution in [0.1, 0.15) is 19.3 Å². The maximum Gasteiger partial charge on any atom is 0.142 e. The first-order valence-corrected chi connectivity index (χ1v) is 5.34. The Hall–Kier alpha value is -1.33. The van der Waals surface area contributed by atoms with Crippen molar-refractivity contribution in [3.8, 4) is 0 Å². The van der Waals surface area contributed by atoms with Crippen molar-refractivity contribution >= 4 is 11.6 Å². The number of aromatic nitrogens is 1. The second-order valence-electron chi connectivity index (χ2n) is 3.71. The van der Waals surface area contributed by atoms with Crippen LogP contribution in [0.15, 0.2) is 18.2 Å². The molecule has 1 aromatic rings. The Morgan fingerprint density at radius 2 is 1.87 bits per heavy atom. The largest absolute Gasteiger partial charge is 0.308 e. The molecule has 4 N–H and O–H groups in total. The first-order chi connectivity index (χ1) is 7.38. The summed E-state index contributed by atoms with van der Waals surface area (Å²) in [4.78, 5) is 4.30. The van der Waals surface area contributed by atoms with Gasteiger partial charge in [0.15, 0.2) is 0 Å². The lowest BCUT2D eigenvalue weighted by molar-refractivity contribution is 0.272. The molecule has 0 atom stereocenters. The number of nitrogen functional groups attached to an aromatic ring is 1. The van der Waals surface area contributed by atoms with Gasteiger partial charge >= 0.3 is 0 Å². The van der Waals surface area contributed by atoms with E-state index in [1.165, 1.54) is 19.3 Å². The Labute approximate surface area is 89.6 Å². The van der Waals surface area contributed by atoms with E-state index in [2.05, 4.69) is 20.8 Å². The average Bonchev–Trinajstić information content (AvgIpc) is 2.31. The van der Waals surface area contributed by atoms with Gasteiger partial charge < -0.3 is 10.9 Å². The minimum Gasteiger partial charge on any atom is -0.308 e. The zero-order valence-corrected chi connectivity index (χ0v) is 8.74. The molecule has 1 aliphatic rings. The van der Waals surface area contributed by atoms with Crippen LogP contribution in [0.5, 0.6) is 0 Å². The Morgan fingerprint density at radius 1 is 1.13 bits per heavy atom. The molecule has 0 bridgehead atoms. The van der Waals surface area contributed by atoms with Crippen LogP contribution in [-0.4, -0.2) is 23.1 Å². The van der Waals surface area contributed by atoms with Gasteiger partial charge in [0.25, 0.3) is 0 Å². The molecule has 0 unspecified atom stereocenters. The average molecular weight is 207 g/mol. The first kappa shape index (κ1) is 10.2.